The summed E-state index contributed by atoms with van der Waals surface area (Å²) in [7, 11) is 0. The van der Waals surface area contributed by atoms with Gasteiger partial charge < -0.3 is 8.83 Å². The Kier molecular flexibility index (Phi) is 6.51. The molecule has 4 nitrogen and oxygen atoms in total. The Balaban J connectivity index is 1.67. The summed E-state index contributed by atoms with van der Waals surface area (Å²) in [5.74, 6) is 1.16. The molecule has 0 aliphatic heterocycles. The Morgan fingerprint density at radius 2 is 1.16 bits per heavy atom. The van der Waals surface area contributed by atoms with Crippen LogP contribution >= 0.6 is 0 Å². The van der Waals surface area contributed by atoms with Gasteiger partial charge in [0.1, 0.15) is 0 Å². The highest BCUT2D eigenvalue weighted by atomic mass is 16.3. The number of hydrogen-bond acceptors (Lipinski definition) is 4. The van der Waals surface area contributed by atoms with Gasteiger partial charge in [0.25, 0.3) is 0 Å². The number of rotatable bonds is 5. The third-order valence-electron chi connectivity index (χ3n) is 8.93. The van der Waals surface area contributed by atoms with Crippen LogP contribution in [0.1, 0.15) is 88.5 Å². The Hall–Kier alpha value is -2.10. The molecule has 0 saturated heterocycles. The molecule has 2 aliphatic carbocycles. The molecule has 2 heterocycles. The van der Waals surface area contributed by atoms with Gasteiger partial charge in [0.05, 0.1) is 25.1 Å². The van der Waals surface area contributed by atoms with Crippen LogP contribution in [0, 0.1) is 36.5 Å². The third-order valence-corrected chi connectivity index (χ3v) is 8.93. The molecule has 2 aromatic rings. The predicted molar refractivity (Wildman–Crippen MR) is 131 cm³/mol. The minimum atomic E-state index is 0.0226. The molecule has 0 spiro atoms. The van der Waals surface area contributed by atoms with Crippen LogP contribution in [-0.4, -0.2) is 11.4 Å². The van der Waals surface area contributed by atoms with Crippen molar-refractivity contribution in [3.05, 3.63) is 47.3 Å². The lowest BCUT2D eigenvalue weighted by atomic mass is 9.63. The van der Waals surface area contributed by atoms with Crippen molar-refractivity contribution in [3.63, 3.8) is 0 Å². The summed E-state index contributed by atoms with van der Waals surface area (Å²) in [6.45, 7) is 13.8. The Morgan fingerprint density at radius 1 is 0.750 bits per heavy atom. The summed E-state index contributed by atoms with van der Waals surface area (Å²) < 4.78 is 11.0. The van der Waals surface area contributed by atoms with E-state index in [0.29, 0.717) is 11.8 Å². The topological polar surface area (TPSA) is 51.0 Å². The maximum atomic E-state index is 5.48. The van der Waals surface area contributed by atoms with E-state index in [0.717, 1.165) is 25.7 Å². The summed E-state index contributed by atoms with van der Waals surface area (Å²) in [4.78, 5) is 0. The first-order chi connectivity index (χ1) is 15.2. The maximum Gasteiger partial charge on any atom is 0.0937 e. The Labute approximate surface area is 193 Å². The molecule has 0 amide bonds. The largest absolute Gasteiger partial charge is 0.472 e. The fraction of sp³-hybridized carbons (Fsp3) is 0.643. The summed E-state index contributed by atoms with van der Waals surface area (Å²) in [5.41, 5.74) is 7.65. The summed E-state index contributed by atoms with van der Waals surface area (Å²) in [5, 5.41) is 10.1. The van der Waals surface area contributed by atoms with Crippen molar-refractivity contribution < 1.29 is 8.83 Å². The SMILES string of the molecule is Cc1cocc1C[C@@]1(C)/C(=N/N=C2\CCC[C@H](C)[C@@]2(C)Cc2cocc2C)CCC[C@@H]1C. The second kappa shape index (κ2) is 9.03. The van der Waals surface area contributed by atoms with Gasteiger partial charge in [-0.15, -0.1) is 0 Å². The van der Waals surface area contributed by atoms with Crippen LogP contribution in [0.3, 0.4) is 0 Å². The molecule has 2 aromatic heterocycles. The molecule has 0 N–H and O–H groups in total. The standard InChI is InChI=1S/C28H40N2O2/c1-19-15-31-17-23(19)13-27(5)21(3)9-7-11-25(27)29-30-26-12-8-10-22(4)28(26,6)14-24-18-32-16-20(24)2/h15-18,21-22H,7-14H2,1-6H3/b29-25+,30-26+/t21-,22-,27+,28+/m0/s1. The van der Waals surface area contributed by atoms with Crippen molar-refractivity contribution in [1.29, 1.82) is 0 Å². The van der Waals surface area contributed by atoms with E-state index in [9.17, 15) is 0 Å². The van der Waals surface area contributed by atoms with Crippen molar-refractivity contribution in [2.75, 3.05) is 0 Å². The molecule has 32 heavy (non-hydrogen) atoms. The molecule has 0 bridgehead atoms. The van der Waals surface area contributed by atoms with Crippen molar-refractivity contribution in [1.82, 2.24) is 0 Å². The first-order valence-corrected chi connectivity index (χ1v) is 12.4. The lowest BCUT2D eigenvalue weighted by molar-refractivity contribution is 0.250. The Bertz CT molecular complexity index is 916. The molecule has 2 fully saturated rings. The molecular weight excluding hydrogens is 396 g/mol. The van der Waals surface area contributed by atoms with E-state index in [-0.39, 0.29) is 10.8 Å². The van der Waals surface area contributed by atoms with Crippen molar-refractivity contribution in [3.8, 4) is 0 Å². The molecule has 0 aromatic carbocycles. The van der Waals surface area contributed by atoms with Gasteiger partial charge in [-0.25, -0.2) is 0 Å². The minimum Gasteiger partial charge on any atom is -0.472 e. The quantitative estimate of drug-likeness (QED) is 0.450. The first kappa shape index (κ1) is 23.1. The molecule has 174 valence electrons. The zero-order valence-electron chi connectivity index (χ0n) is 20.8. The zero-order chi connectivity index (χ0) is 22.9. The van der Waals surface area contributed by atoms with Crippen LogP contribution in [0.5, 0.6) is 0 Å². The summed E-state index contributed by atoms with van der Waals surface area (Å²) in [6.07, 6.45) is 16.5. The van der Waals surface area contributed by atoms with E-state index in [1.54, 1.807) is 0 Å². The van der Waals surface area contributed by atoms with Gasteiger partial charge in [0.15, 0.2) is 0 Å². The normalized spacial score (nSPS) is 33.8. The molecule has 2 aliphatic rings. The lowest BCUT2D eigenvalue weighted by Gasteiger charge is -2.42. The average Bonchev–Trinajstić information content (AvgIpc) is 3.34. The van der Waals surface area contributed by atoms with Crippen molar-refractivity contribution in [2.45, 2.75) is 92.9 Å². The van der Waals surface area contributed by atoms with Gasteiger partial charge in [-0.2, -0.15) is 10.2 Å². The lowest BCUT2D eigenvalue weighted by Crippen LogP contribution is -2.41. The minimum absolute atomic E-state index is 0.0226. The van der Waals surface area contributed by atoms with Gasteiger partial charge in [-0.05, 0) is 99.3 Å². The van der Waals surface area contributed by atoms with E-state index in [1.807, 2.05) is 25.1 Å². The van der Waals surface area contributed by atoms with Gasteiger partial charge >= 0.3 is 0 Å². The number of aryl methyl sites for hydroxylation is 2. The van der Waals surface area contributed by atoms with E-state index >= 15 is 0 Å². The second-order valence-electron chi connectivity index (χ2n) is 11.0. The molecule has 2 saturated carbocycles. The number of nitrogens with zero attached hydrogens (tertiary/aromatic N) is 2. The maximum absolute atomic E-state index is 5.48. The van der Waals surface area contributed by atoms with E-state index < -0.39 is 0 Å². The monoisotopic (exact) mass is 436 g/mol. The fourth-order valence-electron chi connectivity index (χ4n) is 5.86. The molecule has 4 rings (SSSR count). The highest BCUT2D eigenvalue weighted by molar-refractivity contribution is 5.94. The third kappa shape index (κ3) is 4.25. The van der Waals surface area contributed by atoms with Gasteiger partial charge in [0.2, 0.25) is 0 Å². The van der Waals surface area contributed by atoms with Crippen molar-refractivity contribution >= 4 is 11.4 Å². The van der Waals surface area contributed by atoms with Crippen LogP contribution in [0.25, 0.3) is 0 Å². The number of hydrogen-bond donors (Lipinski definition) is 0. The van der Waals surface area contributed by atoms with Crippen LogP contribution in [0.4, 0.5) is 0 Å². The highest BCUT2D eigenvalue weighted by Crippen LogP contribution is 2.44. The summed E-state index contributed by atoms with van der Waals surface area (Å²) >= 11 is 0. The number of furan rings is 2. The van der Waals surface area contributed by atoms with E-state index in [2.05, 4.69) is 41.5 Å². The van der Waals surface area contributed by atoms with E-state index in [1.165, 1.54) is 59.4 Å². The Morgan fingerprint density at radius 3 is 1.50 bits per heavy atom. The van der Waals surface area contributed by atoms with Gasteiger partial charge in [-0.3, -0.25) is 0 Å². The van der Waals surface area contributed by atoms with E-state index in [4.69, 9.17) is 19.0 Å². The first-order valence-electron chi connectivity index (χ1n) is 12.4. The van der Waals surface area contributed by atoms with Crippen molar-refractivity contribution in [2.24, 2.45) is 32.9 Å². The molecule has 4 atom stereocenters. The average molecular weight is 437 g/mol. The van der Waals surface area contributed by atoms with Crippen LogP contribution in [0.2, 0.25) is 0 Å². The predicted octanol–water partition coefficient (Wildman–Crippen LogP) is 7.72. The van der Waals surface area contributed by atoms with Crippen LogP contribution < -0.4 is 0 Å². The van der Waals surface area contributed by atoms with Crippen LogP contribution in [-0.2, 0) is 12.8 Å². The molecule has 4 heteroatoms. The second-order valence-corrected chi connectivity index (χ2v) is 11.0. The molecule has 0 unspecified atom stereocenters. The zero-order valence-corrected chi connectivity index (χ0v) is 20.8. The van der Waals surface area contributed by atoms with Crippen LogP contribution in [0.15, 0.2) is 44.1 Å². The highest BCUT2D eigenvalue weighted by Gasteiger charge is 2.42. The molecule has 0 radical (unpaired) electrons. The van der Waals surface area contributed by atoms with Gasteiger partial charge in [0, 0.05) is 22.3 Å². The smallest absolute Gasteiger partial charge is 0.0937 e. The van der Waals surface area contributed by atoms with Gasteiger partial charge in [-0.1, -0.05) is 27.7 Å². The summed E-state index contributed by atoms with van der Waals surface area (Å²) in [6, 6.07) is 0. The molecular formula is C28H40N2O2. The fourth-order valence-corrected chi connectivity index (χ4v) is 5.86.